The highest BCUT2D eigenvalue weighted by molar-refractivity contribution is 6.30. The first-order chi connectivity index (χ1) is 33.5. The van der Waals surface area contributed by atoms with Crippen LogP contribution in [0.1, 0.15) is 62.5 Å². The number of hydrogen-bond donors (Lipinski definition) is 12. The summed E-state index contributed by atoms with van der Waals surface area (Å²) in [6, 6.07) is 16.7. The van der Waals surface area contributed by atoms with Crippen molar-refractivity contribution in [3.8, 4) is 0 Å². The lowest BCUT2D eigenvalue weighted by Gasteiger charge is -2.43. The van der Waals surface area contributed by atoms with Crippen LogP contribution in [0.2, 0.25) is 5.02 Å². The van der Waals surface area contributed by atoms with Gasteiger partial charge in [0.2, 0.25) is 35.4 Å². The first kappa shape index (κ1) is 53.7. The Morgan fingerprint density at radius 3 is 1.97 bits per heavy atom. The number of nitrogens with zero attached hydrogens (tertiary/aromatic N) is 2. The van der Waals surface area contributed by atoms with Crippen molar-refractivity contribution in [2.75, 3.05) is 31.1 Å². The summed E-state index contributed by atoms with van der Waals surface area (Å²) in [6.07, 6.45) is 2.44. The van der Waals surface area contributed by atoms with Crippen LogP contribution in [0.4, 0.5) is 5.69 Å². The zero-order valence-electron chi connectivity index (χ0n) is 38.8. The molecule has 5 atom stereocenters. The van der Waals surface area contributed by atoms with Gasteiger partial charge in [-0.05, 0) is 92.9 Å². The standard InChI is InChI=1S/C48H64ClN13O8/c49-31-15-17-32(18-16-31)62-23-19-48(20-24-62,61-42(66)34(51)27-40(63)64)46(70)60-38(25-29-9-2-1-3-10-29)44(68)58-37(14-8-22-55-47(53)54)43(67)59-39(26-30-28-56-35-12-5-4-11-33(30)35)45(69)57-36(41(52)65)13-6-7-21-50/h1-5,9-12,15-18,28,34,36-39,56H,6-8,13-14,19-27,50-51H2,(H2,52,65)(H,57,69)(H,58,68)(H,59,67)(H,60,70)(H,61,66)(H,63,64)(H4,53,54,55)/t34-,36-,37-,38+,39-/m0/s1. The molecule has 17 N–H and O–H groups in total. The fourth-order valence-corrected chi connectivity index (χ4v) is 8.40. The average molecular weight is 987 g/mol. The molecule has 376 valence electrons. The minimum Gasteiger partial charge on any atom is -0.481 e. The van der Waals surface area contributed by atoms with E-state index in [0.29, 0.717) is 35.5 Å². The molecule has 1 saturated heterocycles. The zero-order chi connectivity index (χ0) is 50.8. The molecule has 21 nitrogen and oxygen atoms in total. The molecule has 22 heteroatoms. The van der Waals surface area contributed by atoms with Crippen molar-refractivity contribution in [3.63, 3.8) is 0 Å². The third kappa shape index (κ3) is 15.7. The van der Waals surface area contributed by atoms with Gasteiger partial charge in [0.05, 0.1) is 12.5 Å². The van der Waals surface area contributed by atoms with Gasteiger partial charge in [0, 0.05) is 60.3 Å². The van der Waals surface area contributed by atoms with Crippen LogP contribution in [-0.4, -0.2) is 119 Å². The number of carboxylic acids is 1. The van der Waals surface area contributed by atoms with Crippen molar-refractivity contribution in [3.05, 3.63) is 101 Å². The number of hydrogen-bond acceptors (Lipinski definition) is 11. The third-order valence-corrected chi connectivity index (χ3v) is 12.4. The number of para-hydroxylation sites is 1. The molecule has 0 bridgehead atoms. The highest BCUT2D eigenvalue weighted by Crippen LogP contribution is 2.29. The summed E-state index contributed by atoms with van der Waals surface area (Å²) in [5.41, 5.74) is 29.8. The number of benzene rings is 3. The molecule has 70 heavy (non-hydrogen) atoms. The highest BCUT2D eigenvalue weighted by atomic mass is 35.5. The Labute approximate surface area is 410 Å². The number of nitrogens with two attached hydrogens (primary N) is 5. The van der Waals surface area contributed by atoms with Crippen molar-refractivity contribution < 1.29 is 38.7 Å². The molecule has 4 aromatic rings. The lowest BCUT2D eigenvalue weighted by atomic mass is 9.85. The smallest absolute Gasteiger partial charge is 0.305 e. The Kier molecular flexibility index (Phi) is 19.9. The molecule has 1 aromatic heterocycles. The number of aliphatic imine (C=N–C) groups is 1. The normalized spacial score (nSPS) is 15.3. The number of carbonyl (C=O) groups is 7. The Balaban J connectivity index is 1.45. The Hall–Kier alpha value is -7.23. The van der Waals surface area contributed by atoms with Crippen molar-refractivity contribution in [2.45, 2.75) is 100.0 Å². The summed E-state index contributed by atoms with van der Waals surface area (Å²) in [4.78, 5) is 105. The number of piperidine rings is 1. The molecule has 0 aliphatic carbocycles. The number of guanidine groups is 1. The molecule has 3 aromatic carbocycles. The van der Waals surface area contributed by atoms with Gasteiger partial charge in [-0.15, -0.1) is 0 Å². The molecular formula is C48H64ClN13O8. The number of rotatable bonds is 26. The molecule has 5 rings (SSSR count). The van der Waals surface area contributed by atoms with Crippen molar-refractivity contribution in [1.82, 2.24) is 31.6 Å². The molecule has 2 heterocycles. The lowest BCUT2D eigenvalue weighted by molar-refractivity contribution is -0.141. The quantitative estimate of drug-likeness (QED) is 0.0227. The van der Waals surface area contributed by atoms with Gasteiger partial charge in [-0.1, -0.05) is 60.1 Å². The van der Waals surface area contributed by atoms with Gasteiger partial charge in [-0.25, -0.2) is 0 Å². The predicted molar refractivity (Wildman–Crippen MR) is 266 cm³/mol. The number of fused-ring (bicyclic) bond motifs is 1. The SMILES string of the molecule is NCCCC[C@H](NC(=O)[C@H](Cc1c[nH]c2ccccc12)NC(=O)[C@H](CCCN=C(N)N)NC(=O)[C@@H](Cc1ccccc1)NC(=O)C1(NC(=O)[C@@H](N)CC(=O)O)CCN(c2ccc(Cl)cc2)CC1)C(N)=O. The van der Waals surface area contributed by atoms with Crippen molar-refractivity contribution >= 4 is 75.6 Å². The second kappa shape index (κ2) is 25.9. The number of nitrogens with one attached hydrogen (secondary N) is 6. The van der Waals surface area contributed by atoms with E-state index in [-0.39, 0.29) is 70.5 Å². The summed E-state index contributed by atoms with van der Waals surface area (Å²) in [5.74, 6) is -6.14. The van der Waals surface area contributed by atoms with Crippen molar-refractivity contribution in [2.24, 2.45) is 33.7 Å². The number of anilines is 1. The van der Waals surface area contributed by atoms with E-state index in [0.717, 1.165) is 16.6 Å². The van der Waals surface area contributed by atoms with Gasteiger partial charge < -0.3 is 70.2 Å². The zero-order valence-corrected chi connectivity index (χ0v) is 39.6. The van der Waals surface area contributed by atoms with Gasteiger partial charge in [-0.2, -0.15) is 0 Å². The van der Waals surface area contributed by atoms with E-state index in [1.54, 1.807) is 48.7 Å². The molecule has 1 fully saturated rings. The largest absolute Gasteiger partial charge is 0.481 e. The van der Waals surface area contributed by atoms with E-state index < -0.39 is 83.6 Å². The maximum absolute atomic E-state index is 14.8. The van der Waals surface area contributed by atoms with Gasteiger partial charge in [-0.3, -0.25) is 38.6 Å². The van der Waals surface area contributed by atoms with Gasteiger partial charge in [0.1, 0.15) is 29.7 Å². The summed E-state index contributed by atoms with van der Waals surface area (Å²) in [7, 11) is 0. The van der Waals surface area contributed by atoms with E-state index in [1.165, 1.54) is 0 Å². The summed E-state index contributed by atoms with van der Waals surface area (Å²) in [6.45, 7) is 0.972. The molecule has 0 saturated carbocycles. The van der Waals surface area contributed by atoms with Gasteiger partial charge in [0.15, 0.2) is 5.96 Å². The lowest BCUT2D eigenvalue weighted by Crippen LogP contribution is -2.67. The number of primary amides is 1. The number of amides is 6. The first-order valence-corrected chi connectivity index (χ1v) is 23.5. The van der Waals surface area contributed by atoms with Crippen LogP contribution >= 0.6 is 11.6 Å². The van der Waals surface area contributed by atoms with E-state index in [9.17, 15) is 38.7 Å². The molecule has 6 amide bonds. The van der Waals surface area contributed by atoms with E-state index in [1.807, 2.05) is 41.3 Å². The number of carbonyl (C=O) groups excluding carboxylic acids is 6. The number of unbranched alkanes of at least 4 members (excludes halogenated alkanes) is 1. The molecular weight excluding hydrogens is 922 g/mol. The predicted octanol–water partition coefficient (Wildman–Crippen LogP) is 0.171. The molecule has 0 radical (unpaired) electrons. The van der Waals surface area contributed by atoms with Gasteiger partial charge in [0.25, 0.3) is 0 Å². The Morgan fingerprint density at radius 1 is 0.729 bits per heavy atom. The van der Waals surface area contributed by atoms with E-state index in [4.69, 9.17) is 40.3 Å². The number of halogens is 1. The Morgan fingerprint density at radius 2 is 1.33 bits per heavy atom. The van der Waals surface area contributed by atoms with Gasteiger partial charge >= 0.3 is 5.97 Å². The maximum atomic E-state index is 14.8. The monoisotopic (exact) mass is 985 g/mol. The second-order valence-electron chi connectivity index (χ2n) is 17.3. The number of carboxylic acid groups (broad SMARTS) is 1. The van der Waals surface area contributed by atoms with Crippen LogP contribution in [-0.2, 0) is 46.4 Å². The number of aromatic nitrogens is 1. The minimum atomic E-state index is -1.65. The van der Waals surface area contributed by atoms with E-state index in [2.05, 4.69) is 36.6 Å². The summed E-state index contributed by atoms with van der Waals surface area (Å²) < 4.78 is 0. The third-order valence-electron chi connectivity index (χ3n) is 12.2. The topological polar surface area (TPSA) is 361 Å². The van der Waals surface area contributed by atoms with Crippen LogP contribution < -0.4 is 60.2 Å². The van der Waals surface area contributed by atoms with Crippen molar-refractivity contribution in [1.29, 1.82) is 0 Å². The average Bonchev–Trinajstić information content (AvgIpc) is 3.74. The van der Waals surface area contributed by atoms with Crippen LogP contribution in [0, 0.1) is 0 Å². The van der Waals surface area contributed by atoms with E-state index >= 15 is 0 Å². The molecule has 1 aliphatic rings. The first-order valence-electron chi connectivity index (χ1n) is 23.1. The number of aromatic amines is 1. The molecule has 0 unspecified atom stereocenters. The summed E-state index contributed by atoms with van der Waals surface area (Å²) >= 11 is 6.13. The Bertz CT molecular complexity index is 2460. The fourth-order valence-electron chi connectivity index (χ4n) is 8.27. The fraction of sp³-hybridized carbons (Fsp3) is 0.417. The number of aliphatic carboxylic acids is 1. The summed E-state index contributed by atoms with van der Waals surface area (Å²) in [5, 5.41) is 24.6. The molecule has 0 spiro atoms. The van der Waals surface area contributed by atoms with Crippen LogP contribution in [0.25, 0.3) is 10.9 Å². The van der Waals surface area contributed by atoms with Crippen LogP contribution in [0.3, 0.4) is 0 Å². The minimum absolute atomic E-state index is 0.0312. The molecule has 1 aliphatic heterocycles. The van der Waals surface area contributed by atoms with Crippen LogP contribution in [0.15, 0.2) is 90.1 Å². The number of H-pyrrole nitrogens is 1. The second-order valence-corrected chi connectivity index (χ2v) is 17.8. The van der Waals surface area contributed by atoms with Crippen LogP contribution in [0.5, 0.6) is 0 Å². The highest BCUT2D eigenvalue weighted by Gasteiger charge is 2.45. The maximum Gasteiger partial charge on any atom is 0.305 e.